The van der Waals surface area contributed by atoms with E-state index in [0.717, 1.165) is 5.39 Å². The number of nitrogens with zero attached hydrogens (tertiary/aromatic N) is 1. The van der Waals surface area contributed by atoms with E-state index in [1.54, 1.807) is 23.1 Å². The van der Waals surface area contributed by atoms with Crippen molar-refractivity contribution in [3.63, 3.8) is 0 Å². The van der Waals surface area contributed by atoms with Crippen molar-refractivity contribution in [1.29, 1.82) is 0 Å². The molecule has 1 aliphatic rings. The molecule has 0 bridgehead atoms. The Labute approximate surface area is 138 Å². The van der Waals surface area contributed by atoms with Crippen molar-refractivity contribution in [2.75, 3.05) is 11.4 Å². The number of hydrogen-bond donors (Lipinski definition) is 0. The third-order valence-corrected chi connectivity index (χ3v) is 4.04. The summed E-state index contributed by atoms with van der Waals surface area (Å²) >= 11 is 0. The maximum atomic E-state index is 13.0. The Hall–Kier alpha value is -3.08. The topological polar surface area (TPSA) is 59.8 Å². The first-order valence-corrected chi connectivity index (χ1v) is 7.74. The second-order valence-corrected chi connectivity index (χ2v) is 5.80. The predicted molar refractivity (Wildman–Crippen MR) is 90.7 cm³/mol. The van der Waals surface area contributed by atoms with Gasteiger partial charge in [0.25, 0.3) is 5.91 Å². The summed E-state index contributed by atoms with van der Waals surface area (Å²) in [5.74, 6) is 0.256. The van der Waals surface area contributed by atoms with Crippen molar-refractivity contribution in [2.24, 2.45) is 0 Å². The van der Waals surface area contributed by atoms with Gasteiger partial charge in [-0.1, -0.05) is 30.3 Å². The molecule has 0 aliphatic carbocycles. The molecule has 1 unspecified atom stereocenters. The minimum Gasteiger partial charge on any atom is -0.487 e. The highest BCUT2D eigenvalue weighted by Crippen LogP contribution is 2.33. The average Bonchev–Trinajstić information content (AvgIpc) is 2.59. The van der Waals surface area contributed by atoms with Crippen molar-refractivity contribution in [1.82, 2.24) is 0 Å². The number of benzene rings is 2. The second-order valence-electron chi connectivity index (χ2n) is 5.80. The lowest BCUT2D eigenvalue weighted by Gasteiger charge is -2.33. The average molecular weight is 321 g/mol. The standard InChI is InChI=1S/C19H15NO4/c1-12-11-20(15-7-3-5-9-17(15)23-12)18(21)14-10-13-6-2-4-8-16(13)24-19(14)22/h2-10,12H,11H2,1H3. The van der Waals surface area contributed by atoms with Crippen LogP contribution in [-0.2, 0) is 0 Å². The molecule has 4 rings (SSSR count). The molecule has 120 valence electrons. The number of rotatable bonds is 1. The molecule has 0 spiro atoms. The first kappa shape index (κ1) is 14.5. The van der Waals surface area contributed by atoms with E-state index < -0.39 is 5.63 Å². The fraction of sp³-hybridized carbons (Fsp3) is 0.158. The van der Waals surface area contributed by atoms with Gasteiger partial charge in [-0.3, -0.25) is 4.79 Å². The van der Waals surface area contributed by atoms with Crippen LogP contribution < -0.4 is 15.3 Å². The van der Waals surface area contributed by atoms with Crippen LogP contribution in [-0.4, -0.2) is 18.6 Å². The molecule has 24 heavy (non-hydrogen) atoms. The van der Waals surface area contributed by atoms with Crippen molar-refractivity contribution in [3.8, 4) is 5.75 Å². The van der Waals surface area contributed by atoms with E-state index in [2.05, 4.69) is 0 Å². The maximum Gasteiger partial charge on any atom is 0.349 e. The summed E-state index contributed by atoms with van der Waals surface area (Å²) < 4.78 is 11.0. The van der Waals surface area contributed by atoms with E-state index in [-0.39, 0.29) is 17.6 Å². The number of anilines is 1. The van der Waals surface area contributed by atoms with E-state index >= 15 is 0 Å². The lowest BCUT2D eigenvalue weighted by Crippen LogP contribution is -2.43. The lowest BCUT2D eigenvalue weighted by atomic mass is 10.1. The molecule has 1 amide bonds. The number of hydrogen-bond acceptors (Lipinski definition) is 4. The molecule has 3 aromatic rings. The van der Waals surface area contributed by atoms with Crippen LogP contribution in [0.15, 0.2) is 63.8 Å². The number of carbonyl (C=O) groups is 1. The minimum atomic E-state index is -0.629. The van der Waals surface area contributed by atoms with Crippen molar-refractivity contribution < 1.29 is 13.9 Å². The van der Waals surface area contributed by atoms with E-state index in [4.69, 9.17) is 9.15 Å². The molecular weight excluding hydrogens is 306 g/mol. The number of para-hydroxylation sites is 3. The van der Waals surface area contributed by atoms with Gasteiger partial charge in [-0.05, 0) is 31.2 Å². The van der Waals surface area contributed by atoms with E-state index in [9.17, 15) is 9.59 Å². The molecule has 2 heterocycles. The quantitative estimate of drug-likeness (QED) is 0.646. The van der Waals surface area contributed by atoms with E-state index in [1.807, 2.05) is 43.3 Å². The zero-order valence-electron chi connectivity index (χ0n) is 13.1. The van der Waals surface area contributed by atoms with Crippen LogP contribution in [0.1, 0.15) is 17.3 Å². The second kappa shape index (κ2) is 5.53. The Bertz CT molecular complexity index is 992. The molecule has 0 radical (unpaired) electrons. The molecule has 0 N–H and O–H groups in total. The van der Waals surface area contributed by atoms with Crippen molar-refractivity contribution in [3.05, 3.63) is 70.6 Å². The van der Waals surface area contributed by atoms with Gasteiger partial charge < -0.3 is 14.1 Å². The van der Waals surface area contributed by atoms with Crippen molar-refractivity contribution >= 4 is 22.6 Å². The van der Waals surface area contributed by atoms with Gasteiger partial charge in [0, 0.05) is 5.39 Å². The Balaban J connectivity index is 1.82. The molecule has 2 aromatic carbocycles. The van der Waals surface area contributed by atoms with Gasteiger partial charge in [0.15, 0.2) is 0 Å². The van der Waals surface area contributed by atoms with Gasteiger partial charge in [-0.25, -0.2) is 4.79 Å². The summed E-state index contributed by atoms with van der Waals surface area (Å²) in [4.78, 5) is 26.8. The Morgan fingerprint density at radius 1 is 1.12 bits per heavy atom. The lowest BCUT2D eigenvalue weighted by molar-refractivity contribution is 0.0957. The normalized spacial score (nSPS) is 16.5. The van der Waals surface area contributed by atoms with E-state index in [1.165, 1.54) is 0 Å². The van der Waals surface area contributed by atoms with Crippen LogP contribution in [0.25, 0.3) is 11.0 Å². The Kier molecular flexibility index (Phi) is 3.34. The van der Waals surface area contributed by atoms with Crippen LogP contribution in [0.4, 0.5) is 5.69 Å². The summed E-state index contributed by atoms with van der Waals surface area (Å²) in [7, 11) is 0. The van der Waals surface area contributed by atoms with Gasteiger partial charge in [-0.15, -0.1) is 0 Å². The zero-order valence-corrected chi connectivity index (χ0v) is 13.1. The molecule has 1 aromatic heterocycles. The highest BCUT2D eigenvalue weighted by atomic mass is 16.5. The number of fused-ring (bicyclic) bond motifs is 2. The molecule has 5 heteroatoms. The summed E-state index contributed by atoms with van der Waals surface area (Å²) in [6, 6.07) is 16.0. The van der Waals surface area contributed by atoms with Crippen LogP contribution in [0.5, 0.6) is 5.75 Å². The number of carbonyl (C=O) groups excluding carboxylic acids is 1. The Morgan fingerprint density at radius 3 is 2.75 bits per heavy atom. The maximum absolute atomic E-state index is 13.0. The van der Waals surface area contributed by atoms with Crippen LogP contribution in [0.3, 0.4) is 0 Å². The van der Waals surface area contributed by atoms with Gasteiger partial charge >= 0.3 is 5.63 Å². The van der Waals surface area contributed by atoms with E-state index in [0.29, 0.717) is 23.6 Å². The highest BCUT2D eigenvalue weighted by molar-refractivity contribution is 6.08. The van der Waals surface area contributed by atoms with Gasteiger partial charge in [0.1, 0.15) is 23.0 Å². The monoisotopic (exact) mass is 321 g/mol. The SMILES string of the molecule is CC1CN(C(=O)c2cc3ccccc3oc2=O)c2ccccc2O1. The van der Waals surface area contributed by atoms with Crippen LogP contribution in [0, 0.1) is 0 Å². The Morgan fingerprint density at radius 2 is 1.88 bits per heavy atom. The third kappa shape index (κ3) is 2.34. The van der Waals surface area contributed by atoms with Crippen molar-refractivity contribution in [2.45, 2.75) is 13.0 Å². The van der Waals surface area contributed by atoms with Crippen LogP contribution in [0.2, 0.25) is 0 Å². The molecular formula is C19H15NO4. The predicted octanol–water partition coefficient (Wildman–Crippen LogP) is 3.22. The summed E-state index contributed by atoms with van der Waals surface area (Å²) in [6.07, 6.45) is -0.156. The molecule has 1 aliphatic heterocycles. The highest BCUT2D eigenvalue weighted by Gasteiger charge is 2.29. The zero-order chi connectivity index (χ0) is 16.7. The largest absolute Gasteiger partial charge is 0.487 e. The summed E-state index contributed by atoms with van der Waals surface area (Å²) in [6.45, 7) is 2.27. The molecule has 1 atom stereocenters. The van der Waals surface area contributed by atoms with Gasteiger partial charge in [-0.2, -0.15) is 0 Å². The number of amides is 1. The fourth-order valence-electron chi connectivity index (χ4n) is 2.94. The summed E-state index contributed by atoms with van der Waals surface area (Å²) in [5.41, 5.74) is 0.524. The van der Waals surface area contributed by atoms with Gasteiger partial charge in [0.2, 0.25) is 0 Å². The van der Waals surface area contributed by atoms with Crippen LogP contribution >= 0.6 is 0 Å². The fourth-order valence-corrected chi connectivity index (χ4v) is 2.94. The first-order valence-electron chi connectivity index (χ1n) is 7.74. The smallest absolute Gasteiger partial charge is 0.349 e. The minimum absolute atomic E-state index is 0.0256. The molecule has 0 saturated carbocycles. The third-order valence-electron chi connectivity index (χ3n) is 4.04. The summed E-state index contributed by atoms with van der Waals surface area (Å²) in [5, 5.41) is 0.718. The number of ether oxygens (including phenoxy) is 1. The molecule has 0 fully saturated rings. The first-order chi connectivity index (χ1) is 11.6. The van der Waals surface area contributed by atoms with Gasteiger partial charge in [0.05, 0.1) is 12.2 Å². The molecule has 5 nitrogen and oxygen atoms in total. The molecule has 0 saturated heterocycles.